The number of hydrogen-bond acceptors (Lipinski definition) is 8. The number of nitrogens with zero attached hydrogens (tertiary/aromatic N) is 3. The first-order valence-corrected chi connectivity index (χ1v) is 17.1. The molecule has 3 aliphatic rings. The first-order chi connectivity index (χ1) is 17.3. The van der Waals surface area contributed by atoms with Crippen LogP contribution in [-0.2, 0) is 28.5 Å². The van der Waals surface area contributed by atoms with Crippen LogP contribution in [0.3, 0.4) is 0 Å². The number of piperidine rings is 2. The molecule has 14 heteroatoms. The van der Waals surface area contributed by atoms with E-state index in [2.05, 4.69) is 0 Å². The van der Waals surface area contributed by atoms with Gasteiger partial charge in [-0.05, 0) is 80.1 Å². The lowest BCUT2D eigenvalue weighted by molar-refractivity contribution is 0.0207. The Morgan fingerprint density at radius 2 is 1.00 bits per heavy atom. The Kier molecular flexibility index (Phi) is 11.2. The lowest BCUT2D eigenvalue weighted by atomic mass is 10.1. The van der Waals surface area contributed by atoms with Gasteiger partial charge in [-0.15, -0.1) is 0 Å². The lowest BCUT2D eigenvalue weighted by Gasteiger charge is -2.34. The number of amides is 2. The minimum absolute atomic E-state index is 0.348. The molecular weight excluding hydrogens is 558 g/mol. The first kappa shape index (κ1) is 32.9. The molecule has 3 aliphatic heterocycles. The smallest absolute Gasteiger partial charge is 0.410 e. The number of carbonyl (C=O) groups is 2. The molecule has 3 heterocycles. The van der Waals surface area contributed by atoms with Crippen LogP contribution in [0.4, 0.5) is 9.59 Å². The Morgan fingerprint density at radius 3 is 1.32 bits per heavy atom. The van der Waals surface area contributed by atoms with Crippen LogP contribution in [0.5, 0.6) is 0 Å². The van der Waals surface area contributed by atoms with Crippen LogP contribution in [0, 0.1) is 0 Å². The molecule has 0 bridgehead atoms. The van der Waals surface area contributed by atoms with E-state index in [9.17, 15) is 26.4 Å². The Labute approximate surface area is 232 Å². The van der Waals surface area contributed by atoms with Gasteiger partial charge in [-0.3, -0.25) is 0 Å². The molecule has 11 nitrogen and oxygen atoms in total. The summed E-state index contributed by atoms with van der Waals surface area (Å²) >= 11 is 0. The maximum atomic E-state index is 12.5. The van der Waals surface area contributed by atoms with Crippen molar-refractivity contribution in [3.8, 4) is 0 Å². The predicted molar refractivity (Wildman–Crippen MR) is 146 cm³/mol. The number of halogens is 1. The molecule has 0 radical (unpaired) electrons. The highest BCUT2D eigenvalue weighted by molar-refractivity contribution is 8.14. The summed E-state index contributed by atoms with van der Waals surface area (Å²) in [6.07, 6.45) is 2.89. The molecule has 0 aromatic heterocycles. The van der Waals surface area contributed by atoms with Gasteiger partial charge < -0.3 is 19.3 Å². The highest BCUT2D eigenvalue weighted by Crippen LogP contribution is 2.25. The van der Waals surface area contributed by atoms with Crippen LogP contribution in [-0.4, -0.2) is 104 Å². The van der Waals surface area contributed by atoms with Crippen molar-refractivity contribution in [2.45, 2.75) is 102 Å². The Hall–Kier alpha value is -1.31. The largest absolute Gasteiger partial charge is 0.444 e. The Morgan fingerprint density at radius 1 is 0.658 bits per heavy atom. The van der Waals surface area contributed by atoms with E-state index in [0.717, 1.165) is 12.8 Å². The van der Waals surface area contributed by atoms with Crippen molar-refractivity contribution in [2.75, 3.05) is 39.3 Å². The van der Waals surface area contributed by atoms with Gasteiger partial charge in [0, 0.05) is 50.0 Å². The van der Waals surface area contributed by atoms with Gasteiger partial charge in [-0.2, -0.15) is 0 Å². The number of sulfonamides is 1. The monoisotopic (exact) mass is 601 g/mol. The number of hydrogen-bond donors (Lipinski definition) is 0. The van der Waals surface area contributed by atoms with E-state index >= 15 is 0 Å². The third-order valence-corrected chi connectivity index (χ3v) is 10.9. The van der Waals surface area contributed by atoms with Crippen molar-refractivity contribution in [1.82, 2.24) is 14.1 Å². The quantitative estimate of drug-likeness (QED) is 0.447. The summed E-state index contributed by atoms with van der Waals surface area (Å²) < 4.78 is 59.4. The second-order valence-electron chi connectivity index (χ2n) is 12.0. The maximum Gasteiger partial charge on any atom is 0.410 e. The van der Waals surface area contributed by atoms with E-state index in [1.54, 1.807) is 30.0 Å². The maximum absolute atomic E-state index is 12.5. The summed E-state index contributed by atoms with van der Waals surface area (Å²) in [5.41, 5.74) is -1.05. The number of ether oxygens (including phenoxy) is 2. The van der Waals surface area contributed by atoms with E-state index in [0.29, 0.717) is 65.0 Å². The second-order valence-corrected chi connectivity index (χ2v) is 17.1. The van der Waals surface area contributed by atoms with E-state index in [1.165, 1.54) is 4.90 Å². The van der Waals surface area contributed by atoms with Gasteiger partial charge in [0.25, 0.3) is 0 Å². The average molecular weight is 602 g/mol. The Balaban J connectivity index is 0.000000273. The van der Waals surface area contributed by atoms with Crippen LogP contribution in [0.25, 0.3) is 0 Å². The molecule has 0 atom stereocenters. The van der Waals surface area contributed by atoms with E-state index in [-0.39, 0.29) is 11.3 Å². The van der Waals surface area contributed by atoms with Gasteiger partial charge >= 0.3 is 12.2 Å². The summed E-state index contributed by atoms with van der Waals surface area (Å²) in [4.78, 5) is 26.8. The number of rotatable bonds is 3. The van der Waals surface area contributed by atoms with Crippen molar-refractivity contribution in [2.24, 2.45) is 0 Å². The first-order valence-electron chi connectivity index (χ1n) is 13.2. The zero-order valence-electron chi connectivity index (χ0n) is 23.4. The number of carbonyl (C=O) groups excluding carboxylic acids is 2. The molecule has 0 aromatic rings. The van der Waals surface area contributed by atoms with Crippen LogP contribution in [0.2, 0.25) is 0 Å². The summed E-state index contributed by atoms with van der Waals surface area (Å²) in [5.74, 6) is 0. The summed E-state index contributed by atoms with van der Waals surface area (Å²) in [6, 6.07) is 0. The lowest BCUT2D eigenvalue weighted by Crippen LogP contribution is -2.47. The second kappa shape index (κ2) is 12.9. The summed E-state index contributed by atoms with van der Waals surface area (Å²) in [6.45, 7) is 13.8. The fourth-order valence-electron chi connectivity index (χ4n) is 4.46. The van der Waals surface area contributed by atoms with Crippen molar-refractivity contribution >= 4 is 41.9 Å². The number of likely N-dealkylation sites (tertiary alicyclic amines) is 2. The van der Waals surface area contributed by atoms with E-state index < -0.39 is 41.6 Å². The van der Waals surface area contributed by atoms with Gasteiger partial charge in [-0.1, -0.05) is 0 Å². The molecule has 3 rings (SSSR count). The normalized spacial score (nSPS) is 21.0. The highest BCUT2D eigenvalue weighted by Gasteiger charge is 2.37. The molecule has 3 fully saturated rings. The highest BCUT2D eigenvalue weighted by atomic mass is 35.7. The van der Waals surface area contributed by atoms with Crippen LogP contribution in [0.1, 0.15) is 80.1 Å². The molecule has 0 unspecified atom stereocenters. The van der Waals surface area contributed by atoms with Crippen LogP contribution < -0.4 is 0 Å². The van der Waals surface area contributed by atoms with E-state index in [4.69, 9.17) is 20.2 Å². The van der Waals surface area contributed by atoms with Crippen LogP contribution >= 0.6 is 10.7 Å². The van der Waals surface area contributed by atoms with Crippen molar-refractivity contribution in [3.05, 3.63) is 0 Å². The Bertz CT molecular complexity index is 1020. The van der Waals surface area contributed by atoms with Gasteiger partial charge in [0.2, 0.25) is 19.1 Å². The minimum atomic E-state index is -3.52. The predicted octanol–water partition coefficient (Wildman–Crippen LogP) is 3.77. The standard InChI is InChI=1S/C14H26N2O4S.C10H18ClNO4S/c1-14(2,3)20-13(17)15-10-6-12(7-11-15)21(18,19)16-8-4-5-9-16;1-10(2,3)16-9(13)12-6-4-8(5-7-12)17(11,14)15/h12H,4-11H2,1-3H3;8H,4-7H2,1-3H3. The average Bonchev–Trinajstić information content (AvgIpc) is 3.33. The van der Waals surface area contributed by atoms with E-state index in [1.807, 2.05) is 20.8 Å². The minimum Gasteiger partial charge on any atom is -0.444 e. The van der Waals surface area contributed by atoms with Gasteiger partial charge in [0.15, 0.2) is 0 Å². The molecule has 0 aliphatic carbocycles. The molecule has 38 heavy (non-hydrogen) atoms. The molecular formula is C24H44ClN3O8S2. The fourth-order valence-corrected chi connectivity index (χ4v) is 7.77. The molecule has 0 spiro atoms. The molecule has 0 saturated carbocycles. The van der Waals surface area contributed by atoms with Gasteiger partial charge in [-0.25, -0.2) is 30.7 Å². The topological polar surface area (TPSA) is 131 Å². The third-order valence-electron chi connectivity index (χ3n) is 6.43. The molecule has 222 valence electrons. The fraction of sp³-hybridized carbons (Fsp3) is 0.917. The summed E-state index contributed by atoms with van der Waals surface area (Å²) in [7, 11) is -1.42. The van der Waals surface area contributed by atoms with Crippen LogP contribution in [0.15, 0.2) is 0 Å². The zero-order valence-corrected chi connectivity index (χ0v) is 25.8. The summed E-state index contributed by atoms with van der Waals surface area (Å²) in [5, 5.41) is -0.905. The SMILES string of the molecule is CC(C)(C)OC(=O)N1CCC(S(=O)(=O)Cl)CC1.CC(C)(C)OC(=O)N1CCC(S(=O)(=O)N2CCCC2)CC1. The zero-order chi connectivity index (χ0) is 28.9. The van der Waals surface area contributed by atoms with Gasteiger partial charge in [0.05, 0.1) is 10.5 Å². The molecule has 0 N–H and O–H groups in total. The molecule has 0 aromatic carbocycles. The third kappa shape index (κ3) is 10.3. The molecule has 3 saturated heterocycles. The van der Waals surface area contributed by atoms with Crippen molar-refractivity contribution in [1.29, 1.82) is 0 Å². The van der Waals surface area contributed by atoms with Crippen molar-refractivity contribution < 1.29 is 35.9 Å². The molecule has 2 amide bonds. The van der Waals surface area contributed by atoms with Crippen molar-refractivity contribution in [3.63, 3.8) is 0 Å². The van der Waals surface area contributed by atoms with Gasteiger partial charge in [0.1, 0.15) is 11.2 Å².